The van der Waals surface area contributed by atoms with Gasteiger partial charge >= 0.3 is 0 Å². The third-order valence-electron chi connectivity index (χ3n) is 1.54. The predicted molar refractivity (Wildman–Crippen MR) is 50.9 cm³/mol. The fourth-order valence-electron chi connectivity index (χ4n) is 0.972. The topological polar surface area (TPSA) is 24.9 Å². The lowest BCUT2D eigenvalue weighted by Gasteiger charge is -2.05. The van der Waals surface area contributed by atoms with Gasteiger partial charge in [0.15, 0.2) is 0 Å². The van der Waals surface area contributed by atoms with Crippen molar-refractivity contribution in [2.45, 2.75) is 13.3 Å². The first kappa shape index (κ1) is 8.53. The number of halogens is 1. The maximum Gasteiger partial charge on any atom is 0.106 e. The fraction of sp³-hybridized carbons (Fsp3) is 0.375. The van der Waals surface area contributed by atoms with E-state index in [1.54, 1.807) is 0 Å². The first-order chi connectivity index (χ1) is 5.27. The van der Waals surface area contributed by atoms with Crippen molar-refractivity contribution < 1.29 is 0 Å². The number of hydrogen-bond acceptors (Lipinski definition) is 2. The number of aryl methyl sites for hydroxylation is 1. The van der Waals surface area contributed by atoms with Crippen LogP contribution in [0, 0.1) is 0 Å². The molecule has 1 aromatic heterocycles. The van der Waals surface area contributed by atoms with Gasteiger partial charge in [0.1, 0.15) is 4.60 Å². The normalized spacial score (nSPS) is 9.73. The molecule has 0 amide bonds. The second-order valence-corrected chi connectivity index (χ2v) is 3.04. The average Bonchev–Trinajstić information content (AvgIpc) is 2.04. The van der Waals surface area contributed by atoms with Crippen molar-refractivity contribution in [3.63, 3.8) is 0 Å². The van der Waals surface area contributed by atoms with Gasteiger partial charge in [-0.25, -0.2) is 4.98 Å². The molecule has 0 atom stereocenters. The number of pyridine rings is 1. The van der Waals surface area contributed by atoms with Crippen LogP contribution in [0.25, 0.3) is 0 Å². The van der Waals surface area contributed by atoms with E-state index >= 15 is 0 Å². The van der Waals surface area contributed by atoms with Crippen LogP contribution in [-0.2, 0) is 6.42 Å². The molecule has 0 aliphatic carbocycles. The third kappa shape index (κ3) is 1.93. The molecule has 0 saturated carbocycles. The minimum absolute atomic E-state index is 0.897. The van der Waals surface area contributed by atoms with Crippen molar-refractivity contribution in [2.75, 3.05) is 12.4 Å². The van der Waals surface area contributed by atoms with Gasteiger partial charge in [0.05, 0.1) is 11.4 Å². The predicted octanol–water partition coefficient (Wildman–Crippen LogP) is 2.45. The summed E-state index contributed by atoms with van der Waals surface area (Å²) in [6.45, 7) is 2.09. The van der Waals surface area contributed by atoms with E-state index in [4.69, 9.17) is 0 Å². The smallest absolute Gasteiger partial charge is 0.106 e. The monoisotopic (exact) mass is 214 g/mol. The van der Waals surface area contributed by atoms with Crippen LogP contribution in [-0.4, -0.2) is 12.0 Å². The average molecular weight is 215 g/mol. The molecule has 11 heavy (non-hydrogen) atoms. The summed E-state index contributed by atoms with van der Waals surface area (Å²) in [7, 11) is 1.91. The van der Waals surface area contributed by atoms with E-state index in [1.807, 2.05) is 19.2 Å². The van der Waals surface area contributed by atoms with Crippen LogP contribution in [0.15, 0.2) is 16.7 Å². The molecule has 0 bridgehead atoms. The first-order valence-corrected chi connectivity index (χ1v) is 4.40. The minimum Gasteiger partial charge on any atom is -0.387 e. The molecule has 0 aliphatic heterocycles. The summed E-state index contributed by atoms with van der Waals surface area (Å²) in [5, 5.41) is 3.09. The number of rotatable bonds is 2. The largest absolute Gasteiger partial charge is 0.387 e. The highest BCUT2D eigenvalue weighted by Gasteiger charge is 1.99. The maximum absolute atomic E-state index is 4.32. The molecule has 0 unspecified atom stereocenters. The standard InChI is InChI=1S/C8H11BrN2/c1-3-6-7(10-2)4-5-8(9)11-6/h4-5,10H,3H2,1-2H3. The second-order valence-electron chi connectivity index (χ2n) is 2.23. The third-order valence-corrected chi connectivity index (χ3v) is 1.99. The van der Waals surface area contributed by atoms with Crippen LogP contribution in [0.5, 0.6) is 0 Å². The quantitative estimate of drug-likeness (QED) is 0.766. The zero-order valence-electron chi connectivity index (χ0n) is 6.69. The molecule has 0 fully saturated rings. The van der Waals surface area contributed by atoms with E-state index in [-0.39, 0.29) is 0 Å². The van der Waals surface area contributed by atoms with E-state index in [2.05, 4.69) is 33.2 Å². The molecule has 1 rings (SSSR count). The summed E-state index contributed by atoms with van der Waals surface area (Å²) in [5.74, 6) is 0. The summed E-state index contributed by atoms with van der Waals surface area (Å²) in [6.07, 6.45) is 0.954. The molecule has 0 radical (unpaired) electrons. The number of anilines is 1. The summed E-state index contributed by atoms with van der Waals surface area (Å²) in [4.78, 5) is 4.32. The Bertz CT molecular complexity index is 248. The Morgan fingerprint density at radius 3 is 2.82 bits per heavy atom. The van der Waals surface area contributed by atoms with Gasteiger partial charge in [-0.3, -0.25) is 0 Å². The van der Waals surface area contributed by atoms with Gasteiger partial charge in [0.25, 0.3) is 0 Å². The van der Waals surface area contributed by atoms with Crippen LogP contribution in [0.3, 0.4) is 0 Å². The Kier molecular flexibility index (Phi) is 2.88. The van der Waals surface area contributed by atoms with E-state index in [0.29, 0.717) is 0 Å². The lowest BCUT2D eigenvalue weighted by Crippen LogP contribution is -1.96. The number of aromatic nitrogens is 1. The van der Waals surface area contributed by atoms with Crippen molar-refractivity contribution in [3.05, 3.63) is 22.4 Å². The molecular weight excluding hydrogens is 204 g/mol. The summed E-state index contributed by atoms with van der Waals surface area (Å²) >= 11 is 3.33. The Morgan fingerprint density at radius 2 is 2.27 bits per heavy atom. The van der Waals surface area contributed by atoms with Crippen LogP contribution in [0.4, 0.5) is 5.69 Å². The molecule has 0 aromatic carbocycles. The number of hydrogen-bond donors (Lipinski definition) is 1. The van der Waals surface area contributed by atoms with Gasteiger partial charge in [-0.1, -0.05) is 6.92 Å². The van der Waals surface area contributed by atoms with Gasteiger partial charge in [-0.2, -0.15) is 0 Å². The number of nitrogens with one attached hydrogen (secondary N) is 1. The van der Waals surface area contributed by atoms with Crippen molar-refractivity contribution in [3.8, 4) is 0 Å². The minimum atomic E-state index is 0.897. The Labute approximate surface area is 75.2 Å². The van der Waals surface area contributed by atoms with E-state index in [0.717, 1.165) is 22.4 Å². The molecular formula is C8H11BrN2. The fourth-order valence-corrected chi connectivity index (χ4v) is 1.32. The second kappa shape index (κ2) is 3.72. The Morgan fingerprint density at radius 1 is 1.55 bits per heavy atom. The zero-order chi connectivity index (χ0) is 8.27. The van der Waals surface area contributed by atoms with Gasteiger partial charge in [0, 0.05) is 7.05 Å². The van der Waals surface area contributed by atoms with E-state index < -0.39 is 0 Å². The highest BCUT2D eigenvalue weighted by atomic mass is 79.9. The van der Waals surface area contributed by atoms with Crippen molar-refractivity contribution in [2.24, 2.45) is 0 Å². The van der Waals surface area contributed by atoms with Crippen molar-refractivity contribution in [1.29, 1.82) is 0 Å². The van der Waals surface area contributed by atoms with E-state index in [9.17, 15) is 0 Å². The molecule has 60 valence electrons. The van der Waals surface area contributed by atoms with E-state index in [1.165, 1.54) is 0 Å². The SMILES string of the molecule is CCc1nc(Br)ccc1NC. The lowest BCUT2D eigenvalue weighted by molar-refractivity contribution is 1.02. The lowest BCUT2D eigenvalue weighted by atomic mass is 10.2. The molecule has 1 heterocycles. The Hall–Kier alpha value is -0.570. The van der Waals surface area contributed by atoms with Gasteiger partial charge in [-0.15, -0.1) is 0 Å². The highest BCUT2D eigenvalue weighted by Crippen LogP contribution is 2.16. The molecule has 0 spiro atoms. The first-order valence-electron chi connectivity index (χ1n) is 3.61. The van der Waals surface area contributed by atoms with Crippen molar-refractivity contribution in [1.82, 2.24) is 4.98 Å². The van der Waals surface area contributed by atoms with Gasteiger partial charge in [-0.05, 0) is 34.5 Å². The number of nitrogens with zero attached hydrogens (tertiary/aromatic N) is 1. The maximum atomic E-state index is 4.32. The van der Waals surface area contributed by atoms with Crippen LogP contribution < -0.4 is 5.32 Å². The molecule has 1 aromatic rings. The molecule has 0 saturated heterocycles. The molecule has 3 heteroatoms. The molecule has 2 nitrogen and oxygen atoms in total. The van der Waals surface area contributed by atoms with Crippen molar-refractivity contribution >= 4 is 21.6 Å². The molecule has 1 N–H and O–H groups in total. The van der Waals surface area contributed by atoms with Crippen LogP contribution >= 0.6 is 15.9 Å². The van der Waals surface area contributed by atoms with Gasteiger partial charge < -0.3 is 5.32 Å². The zero-order valence-corrected chi connectivity index (χ0v) is 8.27. The Balaban J connectivity index is 3.06. The summed E-state index contributed by atoms with van der Waals surface area (Å²) in [6, 6.07) is 3.96. The molecule has 0 aliphatic rings. The summed E-state index contributed by atoms with van der Waals surface area (Å²) < 4.78 is 0.897. The van der Waals surface area contributed by atoms with Gasteiger partial charge in [0.2, 0.25) is 0 Å². The van der Waals surface area contributed by atoms with Crippen LogP contribution in [0.1, 0.15) is 12.6 Å². The van der Waals surface area contributed by atoms with Crippen LogP contribution in [0.2, 0.25) is 0 Å². The summed E-state index contributed by atoms with van der Waals surface area (Å²) in [5.41, 5.74) is 2.21. The highest BCUT2D eigenvalue weighted by molar-refractivity contribution is 9.10.